The van der Waals surface area contributed by atoms with Crippen LogP contribution in [0.2, 0.25) is 0 Å². The summed E-state index contributed by atoms with van der Waals surface area (Å²) >= 11 is 0. The maximum absolute atomic E-state index is 4.68. The zero-order valence-electron chi connectivity index (χ0n) is 13.9. The Labute approximate surface area is 126 Å². The van der Waals surface area contributed by atoms with E-state index in [1.165, 1.54) is 5.56 Å². The predicted octanol–water partition coefficient (Wildman–Crippen LogP) is 3.40. The van der Waals surface area contributed by atoms with Gasteiger partial charge in [0.1, 0.15) is 11.6 Å². The summed E-state index contributed by atoms with van der Waals surface area (Å²) in [4.78, 5) is 9.25. The first kappa shape index (κ1) is 15.5. The van der Waals surface area contributed by atoms with Crippen molar-refractivity contribution in [1.82, 2.24) is 19.7 Å². The third kappa shape index (κ3) is 3.06. The Hall–Kier alpha value is -1.91. The van der Waals surface area contributed by atoms with Crippen LogP contribution in [-0.2, 0) is 6.42 Å². The molecule has 0 amide bonds. The highest BCUT2D eigenvalue weighted by Crippen LogP contribution is 2.21. The molecular weight excluding hydrogens is 262 g/mol. The van der Waals surface area contributed by atoms with Crippen molar-refractivity contribution in [3.8, 4) is 5.82 Å². The van der Waals surface area contributed by atoms with Crippen LogP contribution in [0.3, 0.4) is 0 Å². The molecule has 2 aromatic heterocycles. The van der Waals surface area contributed by atoms with Crippen LogP contribution in [-0.4, -0.2) is 26.3 Å². The summed E-state index contributed by atoms with van der Waals surface area (Å²) in [5.41, 5.74) is 3.53. The van der Waals surface area contributed by atoms with E-state index in [4.69, 9.17) is 0 Å². The minimum atomic E-state index is 0.282. The molecule has 21 heavy (non-hydrogen) atoms. The van der Waals surface area contributed by atoms with Gasteiger partial charge in [-0.25, -0.2) is 14.6 Å². The number of aromatic nitrogens is 4. The highest BCUT2D eigenvalue weighted by atomic mass is 15.3. The van der Waals surface area contributed by atoms with E-state index in [0.29, 0.717) is 0 Å². The standard InChI is InChI=1S/C16H25N5/c1-7-13-11(5)20-21(12(13)6)15-9-14(17-8-2)18-16(19-15)10(3)4/h9-10H,7-8H2,1-6H3,(H,17,18,19). The summed E-state index contributed by atoms with van der Waals surface area (Å²) in [6.45, 7) is 13.4. The predicted molar refractivity (Wildman–Crippen MR) is 86.3 cm³/mol. The fourth-order valence-electron chi connectivity index (χ4n) is 2.50. The van der Waals surface area contributed by atoms with Crippen LogP contribution in [0.25, 0.3) is 5.82 Å². The van der Waals surface area contributed by atoms with Gasteiger partial charge in [-0.05, 0) is 32.8 Å². The van der Waals surface area contributed by atoms with Crippen LogP contribution < -0.4 is 5.32 Å². The fraction of sp³-hybridized carbons (Fsp3) is 0.562. The number of nitrogens with one attached hydrogen (secondary N) is 1. The van der Waals surface area contributed by atoms with E-state index in [9.17, 15) is 0 Å². The molecule has 0 fully saturated rings. The second kappa shape index (κ2) is 6.24. The van der Waals surface area contributed by atoms with Crippen molar-refractivity contribution in [2.75, 3.05) is 11.9 Å². The lowest BCUT2D eigenvalue weighted by atomic mass is 10.1. The van der Waals surface area contributed by atoms with Crippen LogP contribution in [0.5, 0.6) is 0 Å². The average molecular weight is 287 g/mol. The first-order chi connectivity index (χ1) is 9.97. The summed E-state index contributed by atoms with van der Waals surface area (Å²) in [7, 11) is 0. The molecule has 0 aromatic carbocycles. The van der Waals surface area contributed by atoms with Crippen LogP contribution in [0.1, 0.15) is 56.4 Å². The molecule has 0 spiro atoms. The van der Waals surface area contributed by atoms with E-state index < -0.39 is 0 Å². The molecule has 2 aromatic rings. The molecule has 0 saturated carbocycles. The van der Waals surface area contributed by atoms with E-state index in [0.717, 1.165) is 41.8 Å². The SMILES string of the molecule is CCNc1cc(-n2nc(C)c(CC)c2C)nc(C(C)C)n1. The van der Waals surface area contributed by atoms with E-state index in [1.54, 1.807) is 0 Å². The molecule has 0 atom stereocenters. The van der Waals surface area contributed by atoms with Crippen LogP contribution >= 0.6 is 0 Å². The van der Waals surface area contributed by atoms with Gasteiger partial charge in [-0.1, -0.05) is 20.8 Å². The summed E-state index contributed by atoms with van der Waals surface area (Å²) < 4.78 is 1.93. The van der Waals surface area contributed by atoms with Gasteiger partial charge in [-0.3, -0.25) is 0 Å². The first-order valence-corrected chi connectivity index (χ1v) is 7.66. The van der Waals surface area contributed by atoms with Crippen LogP contribution in [0, 0.1) is 13.8 Å². The van der Waals surface area contributed by atoms with Crippen molar-refractivity contribution < 1.29 is 0 Å². The van der Waals surface area contributed by atoms with Crippen molar-refractivity contribution in [2.24, 2.45) is 0 Å². The van der Waals surface area contributed by atoms with Gasteiger partial charge < -0.3 is 5.32 Å². The third-order valence-corrected chi connectivity index (χ3v) is 3.62. The first-order valence-electron chi connectivity index (χ1n) is 7.66. The van der Waals surface area contributed by atoms with Gasteiger partial charge in [0.2, 0.25) is 0 Å². The largest absolute Gasteiger partial charge is 0.370 e. The Balaban J connectivity index is 2.57. The molecule has 0 aliphatic heterocycles. The van der Waals surface area contributed by atoms with Crippen molar-refractivity contribution >= 4 is 5.82 Å². The van der Waals surface area contributed by atoms with E-state index in [-0.39, 0.29) is 5.92 Å². The zero-order valence-corrected chi connectivity index (χ0v) is 13.9. The van der Waals surface area contributed by atoms with Gasteiger partial charge in [0.05, 0.1) is 5.69 Å². The number of nitrogens with zero attached hydrogens (tertiary/aromatic N) is 4. The lowest BCUT2D eigenvalue weighted by Crippen LogP contribution is -2.10. The molecule has 2 rings (SSSR count). The fourth-order valence-corrected chi connectivity index (χ4v) is 2.50. The van der Waals surface area contributed by atoms with Crippen molar-refractivity contribution in [2.45, 2.75) is 53.9 Å². The topological polar surface area (TPSA) is 55.6 Å². The molecule has 114 valence electrons. The average Bonchev–Trinajstić information content (AvgIpc) is 2.73. The molecule has 0 aliphatic rings. The van der Waals surface area contributed by atoms with E-state index in [2.05, 4.69) is 61.9 Å². The third-order valence-electron chi connectivity index (χ3n) is 3.62. The molecule has 0 saturated heterocycles. The highest BCUT2D eigenvalue weighted by molar-refractivity contribution is 5.43. The van der Waals surface area contributed by atoms with Crippen LogP contribution in [0.15, 0.2) is 6.07 Å². The van der Waals surface area contributed by atoms with Crippen LogP contribution in [0.4, 0.5) is 5.82 Å². The Morgan fingerprint density at radius 1 is 1.19 bits per heavy atom. The summed E-state index contributed by atoms with van der Waals surface area (Å²) in [5, 5.41) is 7.93. The van der Waals surface area contributed by atoms with Gasteiger partial charge in [0, 0.05) is 24.2 Å². The number of aryl methyl sites for hydroxylation is 1. The number of rotatable bonds is 5. The smallest absolute Gasteiger partial charge is 0.159 e. The van der Waals surface area contributed by atoms with Gasteiger partial charge in [0.15, 0.2) is 5.82 Å². The van der Waals surface area contributed by atoms with Gasteiger partial charge in [0.25, 0.3) is 0 Å². The molecule has 5 heteroatoms. The Morgan fingerprint density at radius 2 is 1.90 bits per heavy atom. The number of hydrogen-bond donors (Lipinski definition) is 1. The maximum atomic E-state index is 4.68. The lowest BCUT2D eigenvalue weighted by Gasteiger charge is -2.12. The lowest BCUT2D eigenvalue weighted by molar-refractivity contribution is 0.736. The Bertz CT molecular complexity index is 628. The van der Waals surface area contributed by atoms with Crippen molar-refractivity contribution in [1.29, 1.82) is 0 Å². The van der Waals surface area contributed by atoms with E-state index >= 15 is 0 Å². The molecule has 2 heterocycles. The minimum Gasteiger partial charge on any atom is -0.370 e. The molecule has 0 aliphatic carbocycles. The second-order valence-electron chi connectivity index (χ2n) is 5.57. The summed E-state index contributed by atoms with van der Waals surface area (Å²) in [6.07, 6.45) is 0.986. The van der Waals surface area contributed by atoms with Gasteiger partial charge in [-0.15, -0.1) is 0 Å². The quantitative estimate of drug-likeness (QED) is 0.915. The molecule has 0 unspecified atom stereocenters. The molecular formula is C16H25N5. The van der Waals surface area contributed by atoms with Crippen molar-refractivity contribution in [3.05, 3.63) is 28.8 Å². The Morgan fingerprint density at radius 3 is 2.43 bits per heavy atom. The Kier molecular flexibility index (Phi) is 4.60. The number of hydrogen-bond acceptors (Lipinski definition) is 4. The zero-order chi connectivity index (χ0) is 15.6. The summed E-state index contributed by atoms with van der Waals surface area (Å²) in [6, 6.07) is 1.97. The highest BCUT2D eigenvalue weighted by Gasteiger charge is 2.15. The monoisotopic (exact) mass is 287 g/mol. The molecule has 5 nitrogen and oxygen atoms in total. The number of anilines is 1. The normalized spacial score (nSPS) is 11.2. The van der Waals surface area contributed by atoms with Gasteiger partial charge in [-0.2, -0.15) is 5.10 Å². The van der Waals surface area contributed by atoms with Gasteiger partial charge >= 0.3 is 0 Å². The molecule has 0 bridgehead atoms. The van der Waals surface area contributed by atoms with Crippen molar-refractivity contribution in [3.63, 3.8) is 0 Å². The minimum absolute atomic E-state index is 0.282. The molecule has 1 N–H and O–H groups in total. The maximum Gasteiger partial charge on any atom is 0.159 e. The van der Waals surface area contributed by atoms with E-state index in [1.807, 2.05) is 10.7 Å². The second-order valence-corrected chi connectivity index (χ2v) is 5.57. The molecule has 0 radical (unpaired) electrons. The summed E-state index contributed by atoms with van der Waals surface area (Å²) in [5.74, 6) is 2.82.